The minimum absolute atomic E-state index is 0.0570. The van der Waals surface area contributed by atoms with E-state index in [0.29, 0.717) is 0 Å². The fraction of sp³-hybridized carbons (Fsp3) is 0. The van der Waals surface area contributed by atoms with Crippen molar-refractivity contribution in [3.05, 3.63) is 69.5 Å². The van der Waals surface area contributed by atoms with Crippen LogP contribution in [0.3, 0.4) is 0 Å². The summed E-state index contributed by atoms with van der Waals surface area (Å²) in [6.07, 6.45) is 2.98. The summed E-state index contributed by atoms with van der Waals surface area (Å²) < 4.78 is 2.40. The highest BCUT2D eigenvalue weighted by Crippen LogP contribution is 2.00. The second-order valence-electron chi connectivity index (χ2n) is 4.42. The van der Waals surface area contributed by atoms with Gasteiger partial charge in [0.15, 0.2) is 0 Å². The summed E-state index contributed by atoms with van der Waals surface area (Å²) in [5.74, 6) is 0. The molecule has 0 aliphatic rings. The van der Waals surface area contributed by atoms with Crippen molar-refractivity contribution in [1.82, 2.24) is 9.13 Å². The van der Waals surface area contributed by atoms with Crippen molar-refractivity contribution in [3.63, 3.8) is 0 Å². The number of aromatic nitrogens is 2. The van der Waals surface area contributed by atoms with Crippen LogP contribution in [-0.2, 0) is 0 Å². The summed E-state index contributed by atoms with van der Waals surface area (Å²) in [4.78, 5) is 24.0. The molecule has 0 saturated heterocycles. The van der Waals surface area contributed by atoms with Crippen LogP contribution in [0.1, 0.15) is 0 Å². The Bertz CT molecular complexity index is 923. The molecule has 0 saturated carbocycles. The maximum atomic E-state index is 11.8. The number of thiocarbonyl (C=S) groups is 5. The van der Waals surface area contributed by atoms with Gasteiger partial charge < -0.3 is 0 Å². The molecule has 9 heteroatoms. The fourth-order valence-electron chi connectivity index (χ4n) is 1.71. The molecule has 0 spiro atoms. The van der Waals surface area contributed by atoms with Gasteiger partial charge in [-0.3, -0.25) is 18.7 Å². The number of rotatable bonds is 4. The van der Waals surface area contributed by atoms with Gasteiger partial charge in [0.2, 0.25) is 0 Å². The molecule has 2 rings (SSSR count). The number of nitrogens with zero attached hydrogens (tertiary/aromatic N) is 2. The Morgan fingerprint density at radius 2 is 1.00 bits per heavy atom. The first kappa shape index (κ1) is 18.7. The van der Waals surface area contributed by atoms with Crippen molar-refractivity contribution < 1.29 is 0 Å². The molecule has 0 aliphatic heterocycles. The van der Waals surface area contributed by atoms with E-state index in [4.69, 9.17) is 61.1 Å². The Balaban J connectivity index is 2.28. The van der Waals surface area contributed by atoms with E-state index >= 15 is 0 Å². The van der Waals surface area contributed by atoms with Gasteiger partial charge in [-0.15, -0.1) is 0 Å². The van der Waals surface area contributed by atoms with Crippen LogP contribution in [0.2, 0.25) is 0 Å². The third-order valence-corrected chi connectivity index (χ3v) is 5.41. The third kappa shape index (κ3) is 3.87. The summed E-state index contributed by atoms with van der Waals surface area (Å²) in [6, 6.07) is 9.17. The highest BCUT2D eigenvalue weighted by molar-refractivity contribution is 8.01. The van der Waals surface area contributed by atoms with Crippen molar-refractivity contribution in [1.29, 1.82) is 0 Å². The number of pyridine rings is 2. The Hall–Kier alpha value is -1.65. The molecule has 0 amide bonds. The highest BCUT2D eigenvalue weighted by atomic mass is 32.1. The van der Waals surface area contributed by atoms with Gasteiger partial charge in [0, 0.05) is 24.5 Å². The molecule has 24 heavy (non-hydrogen) atoms. The predicted octanol–water partition coefficient (Wildman–Crippen LogP) is 2.17. The molecule has 0 N–H and O–H groups in total. The maximum Gasteiger partial charge on any atom is 0.255 e. The van der Waals surface area contributed by atoms with E-state index in [1.165, 1.54) is 33.7 Å². The van der Waals surface area contributed by atoms with E-state index in [1.807, 2.05) is 0 Å². The van der Waals surface area contributed by atoms with Gasteiger partial charge in [-0.05, 0) is 12.1 Å². The quantitative estimate of drug-likeness (QED) is 0.719. The Morgan fingerprint density at radius 1 is 0.625 bits per heavy atom. The van der Waals surface area contributed by atoms with Crippen molar-refractivity contribution in [2.24, 2.45) is 0 Å². The lowest BCUT2D eigenvalue weighted by Crippen LogP contribution is -2.39. The zero-order chi connectivity index (χ0) is 17.9. The van der Waals surface area contributed by atoms with Crippen LogP contribution in [0, 0.1) is 0 Å². The van der Waals surface area contributed by atoms with Crippen LogP contribution in [0.5, 0.6) is 0 Å². The standard InChI is InChI=1S/C15H8N2O2S5/c18-9-5-1-3-7-16(9)14(23)12(21)11(20)13(22)15(24)17-8-4-2-6-10(17)19/h1-8H. The molecule has 2 aromatic heterocycles. The lowest BCUT2D eigenvalue weighted by atomic mass is 10.2. The summed E-state index contributed by atoms with van der Waals surface area (Å²) in [6.45, 7) is 0. The van der Waals surface area contributed by atoms with Gasteiger partial charge in [-0.25, -0.2) is 0 Å². The molecular weight excluding hydrogens is 401 g/mol. The van der Waals surface area contributed by atoms with Crippen LogP contribution < -0.4 is 11.1 Å². The summed E-state index contributed by atoms with van der Waals surface area (Å²) in [7, 11) is 0. The van der Waals surface area contributed by atoms with E-state index < -0.39 is 0 Å². The summed E-state index contributed by atoms with van der Waals surface area (Å²) >= 11 is 26.2. The Labute approximate surface area is 163 Å². The highest BCUT2D eigenvalue weighted by Gasteiger charge is 2.21. The van der Waals surface area contributed by atoms with Gasteiger partial charge in [-0.2, -0.15) is 0 Å². The van der Waals surface area contributed by atoms with E-state index in [0.717, 1.165) is 0 Å². The molecule has 120 valence electrons. The lowest BCUT2D eigenvalue weighted by molar-refractivity contribution is 1.09. The molecule has 0 radical (unpaired) electrons. The minimum atomic E-state index is -0.333. The van der Waals surface area contributed by atoms with Gasteiger partial charge in [0.25, 0.3) is 11.1 Å². The van der Waals surface area contributed by atoms with E-state index in [9.17, 15) is 9.59 Å². The second kappa shape index (κ2) is 7.95. The average Bonchev–Trinajstić information content (AvgIpc) is 2.59. The molecule has 0 aliphatic carbocycles. The van der Waals surface area contributed by atoms with Gasteiger partial charge in [0.1, 0.15) is 9.98 Å². The van der Waals surface area contributed by atoms with E-state index in [1.54, 1.807) is 24.3 Å². The topological polar surface area (TPSA) is 44.0 Å². The zero-order valence-corrected chi connectivity index (χ0v) is 16.0. The first-order valence-electron chi connectivity index (χ1n) is 6.42. The van der Waals surface area contributed by atoms with Crippen LogP contribution in [0.15, 0.2) is 58.4 Å². The van der Waals surface area contributed by atoms with Crippen molar-refractivity contribution in [2.45, 2.75) is 0 Å². The van der Waals surface area contributed by atoms with E-state index in [-0.39, 0.29) is 35.7 Å². The Morgan fingerprint density at radius 3 is 1.33 bits per heavy atom. The molecule has 4 nitrogen and oxygen atoms in total. The molecule has 2 aromatic rings. The second-order valence-corrected chi connectivity index (χ2v) is 6.41. The fourth-order valence-corrected chi connectivity index (χ4v) is 3.00. The first-order chi connectivity index (χ1) is 11.3. The van der Waals surface area contributed by atoms with Crippen molar-refractivity contribution in [2.75, 3.05) is 0 Å². The predicted molar refractivity (Wildman–Crippen MR) is 115 cm³/mol. The van der Waals surface area contributed by atoms with Crippen LogP contribution >= 0.6 is 61.1 Å². The van der Waals surface area contributed by atoms with Crippen LogP contribution in [0.4, 0.5) is 0 Å². The van der Waals surface area contributed by atoms with Crippen molar-refractivity contribution in [3.8, 4) is 0 Å². The molecule has 0 fully saturated rings. The molecule has 0 unspecified atom stereocenters. The monoisotopic (exact) mass is 408 g/mol. The first-order valence-corrected chi connectivity index (χ1v) is 8.46. The zero-order valence-electron chi connectivity index (χ0n) is 11.9. The minimum Gasteiger partial charge on any atom is -0.273 e. The largest absolute Gasteiger partial charge is 0.273 e. The number of hydrogen-bond donors (Lipinski definition) is 0. The molecular formula is C15H8N2O2S5. The molecule has 2 heterocycles. The van der Waals surface area contributed by atoms with Crippen molar-refractivity contribution >= 4 is 85.7 Å². The molecule has 0 aromatic carbocycles. The molecule has 0 bridgehead atoms. The van der Waals surface area contributed by atoms with Crippen LogP contribution in [-0.4, -0.2) is 33.7 Å². The lowest BCUT2D eigenvalue weighted by Gasteiger charge is -2.12. The Kier molecular flexibility index (Phi) is 6.19. The van der Waals surface area contributed by atoms with Crippen LogP contribution in [0.25, 0.3) is 0 Å². The number of hydrogen-bond acceptors (Lipinski definition) is 7. The maximum absolute atomic E-state index is 11.8. The van der Waals surface area contributed by atoms with Gasteiger partial charge in [0.05, 0.1) is 14.6 Å². The van der Waals surface area contributed by atoms with E-state index in [2.05, 4.69) is 0 Å². The summed E-state index contributed by atoms with van der Waals surface area (Å²) in [5, 5.41) is 0. The smallest absolute Gasteiger partial charge is 0.255 e. The third-order valence-electron chi connectivity index (χ3n) is 2.88. The van der Waals surface area contributed by atoms with Gasteiger partial charge in [-0.1, -0.05) is 73.2 Å². The summed E-state index contributed by atoms with van der Waals surface area (Å²) in [5.41, 5.74) is -0.666. The van der Waals surface area contributed by atoms with Gasteiger partial charge >= 0.3 is 0 Å². The normalized spacial score (nSPS) is 10.0. The SMILES string of the molecule is O=c1ccccn1C(=S)C(=S)C(=S)C(=S)C(=S)n1ccccc1=O. The average molecular weight is 409 g/mol. The molecule has 0 atom stereocenters.